The van der Waals surface area contributed by atoms with Crippen LogP contribution in [0.25, 0.3) is 10.9 Å². The van der Waals surface area contributed by atoms with E-state index in [1.165, 1.54) is 12.5 Å². The maximum atomic E-state index is 12.0. The summed E-state index contributed by atoms with van der Waals surface area (Å²) in [6.07, 6.45) is 0. The molecule has 2 heterocycles. The summed E-state index contributed by atoms with van der Waals surface area (Å²) in [7, 11) is 0. The van der Waals surface area contributed by atoms with Gasteiger partial charge in [0.15, 0.2) is 0 Å². The van der Waals surface area contributed by atoms with E-state index in [0.29, 0.717) is 12.4 Å². The zero-order valence-corrected chi connectivity index (χ0v) is 21.2. The van der Waals surface area contributed by atoms with Gasteiger partial charge in [0, 0.05) is 50.7 Å². The number of primary amides is 1. The van der Waals surface area contributed by atoms with E-state index in [0.717, 1.165) is 55.1 Å². The first-order valence-corrected chi connectivity index (χ1v) is 12.4. The highest BCUT2D eigenvalue weighted by Gasteiger charge is 2.22. The molecule has 0 radical (unpaired) electrons. The van der Waals surface area contributed by atoms with E-state index >= 15 is 0 Å². The predicted octanol–water partition coefficient (Wildman–Crippen LogP) is 2.83. The SMILES string of the molecule is CC(=O)Nc1ccc(CN2CCN(Cc3nc(N[C@H](C(N)=O)C(C)C)c4ccccc4n3)CC2)cc1. The summed E-state index contributed by atoms with van der Waals surface area (Å²) in [5.74, 6) is 0.953. The zero-order valence-electron chi connectivity index (χ0n) is 21.2. The minimum atomic E-state index is -0.507. The number of carbonyl (C=O) groups is 2. The molecule has 2 aromatic carbocycles. The Labute approximate surface area is 212 Å². The minimum Gasteiger partial charge on any atom is -0.368 e. The van der Waals surface area contributed by atoms with Crippen molar-refractivity contribution in [1.29, 1.82) is 0 Å². The van der Waals surface area contributed by atoms with Gasteiger partial charge < -0.3 is 16.4 Å². The first kappa shape index (κ1) is 25.5. The Hall–Kier alpha value is -3.56. The highest BCUT2D eigenvalue weighted by Crippen LogP contribution is 2.23. The monoisotopic (exact) mass is 489 g/mol. The van der Waals surface area contributed by atoms with Gasteiger partial charge in [-0.3, -0.25) is 19.4 Å². The molecule has 1 saturated heterocycles. The first-order valence-electron chi connectivity index (χ1n) is 12.4. The molecule has 190 valence electrons. The van der Waals surface area contributed by atoms with Crippen LogP contribution in [-0.2, 0) is 22.7 Å². The lowest BCUT2D eigenvalue weighted by Gasteiger charge is -2.34. The van der Waals surface area contributed by atoms with E-state index < -0.39 is 11.9 Å². The number of nitrogens with one attached hydrogen (secondary N) is 2. The molecule has 1 fully saturated rings. The van der Waals surface area contributed by atoms with Crippen molar-refractivity contribution in [2.45, 2.75) is 39.9 Å². The summed E-state index contributed by atoms with van der Waals surface area (Å²) in [5, 5.41) is 6.95. The number of amides is 2. The molecular weight excluding hydrogens is 454 g/mol. The molecule has 1 atom stereocenters. The third-order valence-corrected chi connectivity index (χ3v) is 6.43. The quantitative estimate of drug-likeness (QED) is 0.423. The molecule has 2 amide bonds. The van der Waals surface area contributed by atoms with E-state index in [-0.39, 0.29) is 11.8 Å². The van der Waals surface area contributed by atoms with Crippen LogP contribution in [0.1, 0.15) is 32.2 Å². The van der Waals surface area contributed by atoms with Gasteiger partial charge in [0.25, 0.3) is 0 Å². The maximum absolute atomic E-state index is 12.0. The van der Waals surface area contributed by atoms with Gasteiger partial charge in [-0.2, -0.15) is 0 Å². The fourth-order valence-electron chi connectivity index (χ4n) is 4.48. The van der Waals surface area contributed by atoms with Gasteiger partial charge in [0.2, 0.25) is 11.8 Å². The fraction of sp³-hybridized carbons (Fsp3) is 0.407. The molecule has 1 aliphatic heterocycles. The van der Waals surface area contributed by atoms with Crippen LogP contribution in [-0.4, -0.2) is 63.8 Å². The van der Waals surface area contributed by atoms with Crippen molar-refractivity contribution in [2.75, 3.05) is 36.8 Å². The largest absolute Gasteiger partial charge is 0.368 e. The molecule has 36 heavy (non-hydrogen) atoms. The Bertz CT molecular complexity index is 1200. The van der Waals surface area contributed by atoms with Crippen molar-refractivity contribution >= 4 is 34.2 Å². The zero-order chi connectivity index (χ0) is 25.7. The van der Waals surface area contributed by atoms with Crippen molar-refractivity contribution in [2.24, 2.45) is 11.7 Å². The van der Waals surface area contributed by atoms with Gasteiger partial charge in [-0.1, -0.05) is 38.1 Å². The normalized spacial score (nSPS) is 15.7. The number of rotatable bonds is 9. The van der Waals surface area contributed by atoms with Crippen molar-refractivity contribution < 1.29 is 9.59 Å². The van der Waals surface area contributed by atoms with E-state index in [2.05, 4.69) is 32.6 Å². The van der Waals surface area contributed by atoms with Crippen LogP contribution in [0.3, 0.4) is 0 Å². The second kappa shape index (κ2) is 11.5. The number of benzene rings is 2. The standard InChI is InChI=1S/C27H35N7O2/c1-18(2)25(26(28)36)32-27-22-6-4-5-7-23(22)30-24(31-27)17-34-14-12-33(13-15-34)16-20-8-10-21(11-9-20)29-19(3)35/h4-11,18,25H,12-17H2,1-3H3,(H2,28,36)(H,29,35)(H,30,31,32)/t25-/m0/s1. The molecule has 1 aliphatic rings. The van der Waals surface area contributed by atoms with Crippen molar-refractivity contribution in [3.8, 4) is 0 Å². The molecule has 1 aromatic heterocycles. The number of nitrogens with two attached hydrogens (primary N) is 1. The number of aromatic nitrogens is 2. The third kappa shape index (κ3) is 6.56. The van der Waals surface area contributed by atoms with Gasteiger partial charge in [-0.15, -0.1) is 0 Å². The number of nitrogens with zero attached hydrogens (tertiary/aromatic N) is 4. The number of piperazine rings is 1. The minimum absolute atomic E-state index is 0.0364. The molecule has 0 spiro atoms. The molecule has 0 aliphatic carbocycles. The van der Waals surface area contributed by atoms with Gasteiger partial charge in [-0.05, 0) is 35.7 Å². The van der Waals surface area contributed by atoms with E-state index in [1.54, 1.807) is 0 Å². The van der Waals surface area contributed by atoms with Gasteiger partial charge in [0.05, 0.1) is 12.1 Å². The van der Waals surface area contributed by atoms with Crippen molar-refractivity contribution in [3.63, 3.8) is 0 Å². The second-order valence-electron chi connectivity index (χ2n) is 9.70. The number of para-hydroxylation sites is 1. The van der Waals surface area contributed by atoms with Crippen LogP contribution in [0.2, 0.25) is 0 Å². The van der Waals surface area contributed by atoms with Gasteiger partial charge in [-0.25, -0.2) is 9.97 Å². The molecule has 9 nitrogen and oxygen atoms in total. The number of carbonyl (C=O) groups excluding carboxylic acids is 2. The van der Waals surface area contributed by atoms with Gasteiger partial charge >= 0.3 is 0 Å². The van der Waals surface area contributed by atoms with Crippen molar-refractivity contribution in [3.05, 3.63) is 59.9 Å². The summed E-state index contributed by atoms with van der Waals surface area (Å²) < 4.78 is 0. The smallest absolute Gasteiger partial charge is 0.240 e. The average molecular weight is 490 g/mol. The van der Waals surface area contributed by atoms with Crippen LogP contribution in [0, 0.1) is 5.92 Å². The third-order valence-electron chi connectivity index (χ3n) is 6.43. The summed E-state index contributed by atoms with van der Waals surface area (Å²) in [6, 6.07) is 15.3. The highest BCUT2D eigenvalue weighted by molar-refractivity contribution is 5.92. The molecule has 4 N–H and O–H groups in total. The van der Waals surface area contributed by atoms with Crippen LogP contribution in [0.5, 0.6) is 0 Å². The molecular formula is C27H35N7O2. The molecule has 0 bridgehead atoms. The molecule has 0 saturated carbocycles. The summed E-state index contributed by atoms with van der Waals surface area (Å²) >= 11 is 0. The lowest BCUT2D eigenvalue weighted by molar-refractivity contribution is -0.119. The van der Waals surface area contributed by atoms with E-state index in [1.807, 2.05) is 50.2 Å². The maximum Gasteiger partial charge on any atom is 0.240 e. The lowest BCUT2D eigenvalue weighted by Crippen LogP contribution is -2.45. The average Bonchev–Trinajstić information content (AvgIpc) is 2.84. The Morgan fingerprint density at radius 2 is 1.58 bits per heavy atom. The fourth-order valence-corrected chi connectivity index (χ4v) is 4.48. The first-order chi connectivity index (χ1) is 17.3. The predicted molar refractivity (Wildman–Crippen MR) is 142 cm³/mol. The van der Waals surface area contributed by atoms with Crippen LogP contribution < -0.4 is 16.4 Å². The number of fused-ring (bicyclic) bond motifs is 1. The van der Waals surface area contributed by atoms with E-state index in [4.69, 9.17) is 15.7 Å². The van der Waals surface area contributed by atoms with Crippen LogP contribution >= 0.6 is 0 Å². The number of hydrogen-bond acceptors (Lipinski definition) is 7. The van der Waals surface area contributed by atoms with E-state index in [9.17, 15) is 9.59 Å². The molecule has 9 heteroatoms. The highest BCUT2D eigenvalue weighted by atomic mass is 16.2. The Balaban J connectivity index is 1.39. The van der Waals surface area contributed by atoms with Crippen molar-refractivity contribution in [1.82, 2.24) is 19.8 Å². The lowest BCUT2D eigenvalue weighted by atomic mass is 10.0. The number of anilines is 2. The Morgan fingerprint density at radius 1 is 0.944 bits per heavy atom. The Morgan fingerprint density at radius 3 is 2.19 bits per heavy atom. The molecule has 3 aromatic rings. The summed E-state index contributed by atoms with van der Waals surface area (Å²) in [5.41, 5.74) is 8.52. The molecule has 0 unspecified atom stereocenters. The summed E-state index contributed by atoms with van der Waals surface area (Å²) in [4.78, 5) is 37.6. The Kier molecular flexibility index (Phi) is 8.12. The van der Waals surface area contributed by atoms with Gasteiger partial charge in [0.1, 0.15) is 17.7 Å². The molecule has 4 rings (SSSR count). The van der Waals surface area contributed by atoms with Crippen LogP contribution in [0.4, 0.5) is 11.5 Å². The summed E-state index contributed by atoms with van der Waals surface area (Å²) in [6.45, 7) is 10.7. The second-order valence-corrected chi connectivity index (χ2v) is 9.70. The topological polar surface area (TPSA) is 116 Å². The number of hydrogen-bond donors (Lipinski definition) is 3. The van der Waals surface area contributed by atoms with Crippen LogP contribution in [0.15, 0.2) is 48.5 Å².